The molecule has 2 saturated heterocycles. The van der Waals surface area contributed by atoms with Gasteiger partial charge in [-0.05, 0) is 70.0 Å². The molecular formula is C26H37ClN4O3. The zero-order chi connectivity index (χ0) is 24.1. The second-order valence-electron chi connectivity index (χ2n) is 10.0. The molecular weight excluding hydrogens is 452 g/mol. The summed E-state index contributed by atoms with van der Waals surface area (Å²) in [6.07, 6.45) is 4.37. The Balaban J connectivity index is 1.51. The number of carbonyl (C=O) groups excluding carboxylic acids is 1. The van der Waals surface area contributed by atoms with Gasteiger partial charge in [-0.3, -0.25) is 14.4 Å². The van der Waals surface area contributed by atoms with Crippen molar-refractivity contribution in [1.82, 2.24) is 19.6 Å². The van der Waals surface area contributed by atoms with Crippen molar-refractivity contribution in [2.45, 2.75) is 52.6 Å². The quantitative estimate of drug-likeness (QED) is 0.553. The number of carbonyl (C=O) groups is 1. The standard InChI is InChI=1S/C26H37ClN4O3/c1-20(2)31-22(7-9-28-31)17-29-10-4-8-26(18-29,16-25(32)30-11-13-33-14-12-30)19-34-23-5-6-24(27)21(3)15-23/h5-7,9,15,20H,4,8,10-14,16-19H2,1-3H3/t26-/m0/s1. The van der Waals surface area contributed by atoms with E-state index < -0.39 is 0 Å². The van der Waals surface area contributed by atoms with Crippen molar-refractivity contribution >= 4 is 17.5 Å². The highest BCUT2D eigenvalue weighted by Crippen LogP contribution is 2.36. The fourth-order valence-corrected chi connectivity index (χ4v) is 5.23. The lowest BCUT2D eigenvalue weighted by Crippen LogP contribution is -2.50. The van der Waals surface area contributed by atoms with Gasteiger partial charge >= 0.3 is 0 Å². The molecule has 2 aliphatic heterocycles. The minimum absolute atomic E-state index is 0.202. The predicted molar refractivity (Wildman–Crippen MR) is 133 cm³/mol. The Bertz CT molecular complexity index is 973. The van der Waals surface area contributed by atoms with Crippen LogP contribution in [0, 0.1) is 12.3 Å². The Kier molecular flexibility index (Phi) is 8.17. The number of amides is 1. The van der Waals surface area contributed by atoms with Gasteiger partial charge in [-0.15, -0.1) is 0 Å². The Morgan fingerprint density at radius 2 is 2.03 bits per heavy atom. The summed E-state index contributed by atoms with van der Waals surface area (Å²) in [5.74, 6) is 1.00. The number of piperidine rings is 1. The number of halogens is 1. The number of benzene rings is 1. The minimum atomic E-state index is -0.246. The fourth-order valence-electron chi connectivity index (χ4n) is 5.11. The van der Waals surface area contributed by atoms with Gasteiger partial charge in [0.25, 0.3) is 0 Å². The number of nitrogens with zero attached hydrogens (tertiary/aromatic N) is 4. The average Bonchev–Trinajstić information content (AvgIpc) is 3.29. The Morgan fingerprint density at radius 3 is 2.76 bits per heavy atom. The van der Waals surface area contributed by atoms with E-state index >= 15 is 0 Å². The van der Waals surface area contributed by atoms with Crippen LogP contribution in [0.2, 0.25) is 5.02 Å². The molecule has 1 atom stereocenters. The van der Waals surface area contributed by atoms with Crippen LogP contribution < -0.4 is 4.74 Å². The average molecular weight is 489 g/mol. The maximum absolute atomic E-state index is 13.3. The first-order valence-electron chi connectivity index (χ1n) is 12.3. The molecule has 0 saturated carbocycles. The number of morpholine rings is 1. The second-order valence-corrected chi connectivity index (χ2v) is 10.5. The van der Waals surface area contributed by atoms with Crippen LogP contribution in [0.5, 0.6) is 5.75 Å². The summed E-state index contributed by atoms with van der Waals surface area (Å²) in [5, 5.41) is 5.23. The normalized spacial score (nSPS) is 21.7. The van der Waals surface area contributed by atoms with Crippen molar-refractivity contribution in [1.29, 1.82) is 0 Å². The zero-order valence-corrected chi connectivity index (χ0v) is 21.4. The van der Waals surface area contributed by atoms with Gasteiger partial charge in [-0.25, -0.2) is 0 Å². The molecule has 0 spiro atoms. The first-order valence-corrected chi connectivity index (χ1v) is 12.7. The minimum Gasteiger partial charge on any atom is -0.493 e. The van der Waals surface area contributed by atoms with Gasteiger partial charge in [0.15, 0.2) is 0 Å². The summed E-state index contributed by atoms with van der Waals surface area (Å²) in [7, 11) is 0. The topological polar surface area (TPSA) is 59.8 Å². The first kappa shape index (κ1) is 25.0. The molecule has 0 N–H and O–H groups in total. The van der Waals surface area contributed by atoms with Crippen molar-refractivity contribution in [3.8, 4) is 5.75 Å². The number of aryl methyl sites for hydroxylation is 1. The molecule has 1 aromatic heterocycles. The lowest BCUT2D eigenvalue weighted by Gasteiger charge is -2.43. The molecule has 0 unspecified atom stereocenters. The third-order valence-corrected chi connectivity index (χ3v) is 7.36. The monoisotopic (exact) mass is 488 g/mol. The van der Waals surface area contributed by atoms with Crippen LogP contribution in [0.1, 0.15) is 50.4 Å². The van der Waals surface area contributed by atoms with E-state index in [1.165, 1.54) is 5.69 Å². The van der Waals surface area contributed by atoms with Crippen LogP contribution in [0.15, 0.2) is 30.5 Å². The molecule has 1 aromatic carbocycles. The highest BCUT2D eigenvalue weighted by molar-refractivity contribution is 6.31. The van der Waals surface area contributed by atoms with Crippen LogP contribution in [-0.2, 0) is 16.1 Å². The van der Waals surface area contributed by atoms with Crippen molar-refractivity contribution in [2.24, 2.45) is 5.41 Å². The van der Waals surface area contributed by atoms with Crippen LogP contribution in [-0.4, -0.2) is 71.5 Å². The van der Waals surface area contributed by atoms with E-state index in [4.69, 9.17) is 21.1 Å². The van der Waals surface area contributed by atoms with Gasteiger partial charge < -0.3 is 14.4 Å². The highest BCUT2D eigenvalue weighted by Gasteiger charge is 2.40. The number of ether oxygens (including phenoxy) is 2. The van der Waals surface area contributed by atoms with E-state index in [1.807, 2.05) is 36.2 Å². The van der Waals surface area contributed by atoms with E-state index in [-0.39, 0.29) is 11.3 Å². The maximum atomic E-state index is 13.3. The number of hydrogen-bond donors (Lipinski definition) is 0. The first-order chi connectivity index (χ1) is 16.3. The number of rotatable bonds is 8. The molecule has 4 rings (SSSR count). The summed E-state index contributed by atoms with van der Waals surface area (Å²) in [5.41, 5.74) is 1.95. The summed E-state index contributed by atoms with van der Waals surface area (Å²) >= 11 is 6.20. The molecule has 1 amide bonds. The van der Waals surface area contributed by atoms with E-state index in [0.29, 0.717) is 45.4 Å². The lowest BCUT2D eigenvalue weighted by molar-refractivity contribution is -0.139. The molecule has 0 aliphatic carbocycles. The SMILES string of the molecule is Cc1cc(OC[C@]2(CC(=O)N3CCOCC3)CCCN(Cc3ccnn3C(C)C)C2)ccc1Cl. The van der Waals surface area contributed by atoms with Crippen molar-refractivity contribution in [3.63, 3.8) is 0 Å². The third kappa shape index (κ3) is 6.12. The third-order valence-electron chi connectivity index (χ3n) is 6.93. The van der Waals surface area contributed by atoms with Crippen LogP contribution >= 0.6 is 11.6 Å². The predicted octanol–water partition coefficient (Wildman–Crippen LogP) is 4.34. The summed E-state index contributed by atoms with van der Waals surface area (Å²) in [6, 6.07) is 8.18. The molecule has 2 fully saturated rings. The number of likely N-dealkylation sites (tertiary alicyclic amines) is 1. The molecule has 34 heavy (non-hydrogen) atoms. The molecule has 0 bridgehead atoms. The fraction of sp³-hybridized carbons (Fsp3) is 0.615. The lowest BCUT2D eigenvalue weighted by atomic mass is 9.77. The number of hydrogen-bond acceptors (Lipinski definition) is 5. The van der Waals surface area contributed by atoms with Gasteiger partial charge in [0.2, 0.25) is 5.91 Å². The van der Waals surface area contributed by atoms with Crippen LogP contribution in [0.3, 0.4) is 0 Å². The van der Waals surface area contributed by atoms with Crippen molar-refractivity contribution in [3.05, 3.63) is 46.7 Å². The smallest absolute Gasteiger partial charge is 0.223 e. The summed E-state index contributed by atoms with van der Waals surface area (Å²) < 4.78 is 13.9. The van der Waals surface area contributed by atoms with Gasteiger partial charge in [-0.1, -0.05) is 11.6 Å². The maximum Gasteiger partial charge on any atom is 0.223 e. The Morgan fingerprint density at radius 1 is 1.24 bits per heavy atom. The van der Waals surface area contributed by atoms with Crippen molar-refractivity contribution in [2.75, 3.05) is 46.0 Å². The highest BCUT2D eigenvalue weighted by atomic mass is 35.5. The number of aromatic nitrogens is 2. The summed E-state index contributed by atoms with van der Waals surface area (Å²) in [6.45, 7) is 12.0. The molecule has 186 valence electrons. The molecule has 3 heterocycles. The molecule has 7 nitrogen and oxygen atoms in total. The van der Waals surface area contributed by atoms with Crippen LogP contribution in [0.25, 0.3) is 0 Å². The van der Waals surface area contributed by atoms with Gasteiger partial charge in [0.05, 0.1) is 25.5 Å². The Hall–Kier alpha value is -2.09. The molecule has 2 aromatic rings. The van der Waals surface area contributed by atoms with Crippen molar-refractivity contribution < 1.29 is 14.3 Å². The van der Waals surface area contributed by atoms with Gasteiger partial charge in [-0.2, -0.15) is 5.10 Å². The van der Waals surface area contributed by atoms with Gasteiger partial charge in [0.1, 0.15) is 5.75 Å². The van der Waals surface area contributed by atoms with Gasteiger partial charge in [0, 0.05) is 55.3 Å². The van der Waals surface area contributed by atoms with E-state index in [0.717, 1.165) is 48.8 Å². The molecule has 0 radical (unpaired) electrons. The Labute approximate surface area is 207 Å². The summed E-state index contributed by atoms with van der Waals surface area (Å²) in [4.78, 5) is 17.7. The second kappa shape index (κ2) is 11.1. The van der Waals surface area contributed by atoms with E-state index in [1.54, 1.807) is 0 Å². The molecule has 8 heteroatoms. The zero-order valence-electron chi connectivity index (χ0n) is 20.6. The van der Waals surface area contributed by atoms with E-state index in [9.17, 15) is 4.79 Å². The van der Waals surface area contributed by atoms with E-state index in [2.05, 4.69) is 34.6 Å². The largest absolute Gasteiger partial charge is 0.493 e. The molecule has 2 aliphatic rings. The van der Waals surface area contributed by atoms with Crippen LogP contribution in [0.4, 0.5) is 0 Å².